The van der Waals surface area contributed by atoms with Gasteiger partial charge in [0.25, 0.3) is 0 Å². The first-order valence-corrected chi connectivity index (χ1v) is 7.81. The van der Waals surface area contributed by atoms with Gasteiger partial charge in [-0.3, -0.25) is 4.79 Å². The molecular formula is C20H22FNO. The van der Waals surface area contributed by atoms with Gasteiger partial charge in [0.05, 0.1) is 6.04 Å². The Labute approximate surface area is 137 Å². The van der Waals surface area contributed by atoms with Crippen molar-refractivity contribution < 1.29 is 9.18 Å². The van der Waals surface area contributed by atoms with Crippen LogP contribution < -0.4 is 5.32 Å². The van der Waals surface area contributed by atoms with Crippen LogP contribution >= 0.6 is 0 Å². The molecule has 0 aliphatic heterocycles. The van der Waals surface area contributed by atoms with Gasteiger partial charge in [-0.05, 0) is 55.2 Å². The smallest absolute Gasteiger partial charge is 0.244 e. The van der Waals surface area contributed by atoms with Crippen LogP contribution in [0.1, 0.15) is 41.6 Å². The fraction of sp³-hybridized carbons (Fsp3) is 0.250. The second-order valence-corrected chi connectivity index (χ2v) is 5.71. The average molecular weight is 311 g/mol. The zero-order chi connectivity index (χ0) is 16.8. The average Bonchev–Trinajstić information content (AvgIpc) is 2.52. The zero-order valence-electron chi connectivity index (χ0n) is 13.8. The maximum atomic E-state index is 12.9. The lowest BCUT2D eigenvalue weighted by molar-refractivity contribution is -0.117. The van der Waals surface area contributed by atoms with Gasteiger partial charge in [0, 0.05) is 6.08 Å². The van der Waals surface area contributed by atoms with E-state index in [1.165, 1.54) is 29.3 Å². The largest absolute Gasteiger partial charge is 0.346 e. The van der Waals surface area contributed by atoms with Crippen LogP contribution in [0.25, 0.3) is 6.08 Å². The van der Waals surface area contributed by atoms with Crippen LogP contribution in [-0.2, 0) is 4.79 Å². The van der Waals surface area contributed by atoms with E-state index < -0.39 is 0 Å². The fourth-order valence-electron chi connectivity index (χ4n) is 2.58. The molecule has 1 unspecified atom stereocenters. The number of aryl methyl sites for hydroxylation is 2. The Morgan fingerprint density at radius 1 is 1.17 bits per heavy atom. The minimum absolute atomic E-state index is 0.0130. The van der Waals surface area contributed by atoms with Crippen LogP contribution in [0, 0.1) is 19.7 Å². The molecule has 0 spiro atoms. The molecule has 2 nitrogen and oxygen atoms in total. The van der Waals surface area contributed by atoms with Gasteiger partial charge in [-0.25, -0.2) is 4.39 Å². The highest BCUT2D eigenvalue weighted by Crippen LogP contribution is 2.21. The lowest BCUT2D eigenvalue weighted by Gasteiger charge is -2.19. The van der Waals surface area contributed by atoms with E-state index in [0.717, 1.165) is 17.5 Å². The van der Waals surface area contributed by atoms with Gasteiger partial charge in [-0.15, -0.1) is 0 Å². The van der Waals surface area contributed by atoms with E-state index in [2.05, 4.69) is 37.4 Å². The molecule has 0 aliphatic carbocycles. The van der Waals surface area contributed by atoms with Gasteiger partial charge in [0.15, 0.2) is 0 Å². The van der Waals surface area contributed by atoms with Crippen molar-refractivity contribution in [3.05, 3.63) is 76.6 Å². The van der Waals surface area contributed by atoms with Crippen molar-refractivity contribution in [1.82, 2.24) is 5.32 Å². The SMILES string of the molecule is CCC(NC(=O)/C=C/c1ccc(F)cc1)c1ccc(C)cc1C. The molecule has 0 heterocycles. The van der Waals surface area contributed by atoms with Crippen LogP contribution in [0.15, 0.2) is 48.5 Å². The molecule has 0 saturated heterocycles. The number of rotatable bonds is 5. The molecule has 0 saturated carbocycles. The second kappa shape index (κ2) is 7.73. The van der Waals surface area contributed by atoms with Crippen molar-refractivity contribution in [2.24, 2.45) is 0 Å². The first kappa shape index (κ1) is 16.9. The summed E-state index contributed by atoms with van der Waals surface area (Å²) in [6.45, 7) is 6.17. The maximum absolute atomic E-state index is 12.9. The molecule has 1 amide bonds. The Morgan fingerprint density at radius 2 is 1.87 bits per heavy atom. The first-order valence-electron chi connectivity index (χ1n) is 7.81. The van der Waals surface area contributed by atoms with Crippen LogP contribution in [0.2, 0.25) is 0 Å². The van der Waals surface area contributed by atoms with E-state index >= 15 is 0 Å². The first-order chi connectivity index (χ1) is 11.0. The van der Waals surface area contributed by atoms with E-state index in [1.807, 2.05) is 6.92 Å². The number of hydrogen-bond acceptors (Lipinski definition) is 1. The van der Waals surface area contributed by atoms with Gasteiger partial charge < -0.3 is 5.32 Å². The topological polar surface area (TPSA) is 29.1 Å². The number of nitrogens with one attached hydrogen (secondary N) is 1. The predicted octanol–water partition coefficient (Wildman–Crippen LogP) is 4.72. The summed E-state index contributed by atoms with van der Waals surface area (Å²) in [7, 11) is 0. The van der Waals surface area contributed by atoms with Crippen LogP contribution in [0.3, 0.4) is 0 Å². The zero-order valence-corrected chi connectivity index (χ0v) is 13.8. The lowest BCUT2D eigenvalue weighted by Crippen LogP contribution is -2.26. The van der Waals surface area contributed by atoms with Crippen LogP contribution in [-0.4, -0.2) is 5.91 Å². The minimum Gasteiger partial charge on any atom is -0.346 e. The van der Waals surface area contributed by atoms with Crippen molar-refractivity contribution in [3.8, 4) is 0 Å². The van der Waals surface area contributed by atoms with Crippen LogP contribution in [0.4, 0.5) is 4.39 Å². The molecule has 0 fully saturated rings. The Balaban J connectivity index is 2.06. The molecule has 0 radical (unpaired) electrons. The summed E-state index contributed by atoms with van der Waals surface area (Å²) in [5, 5.41) is 3.03. The number of hydrogen-bond donors (Lipinski definition) is 1. The van der Waals surface area contributed by atoms with E-state index in [0.29, 0.717) is 0 Å². The molecule has 2 aromatic rings. The summed E-state index contributed by atoms with van der Waals surface area (Å²) in [4.78, 5) is 12.1. The van der Waals surface area contributed by atoms with E-state index in [1.54, 1.807) is 18.2 Å². The third kappa shape index (κ3) is 4.78. The Hall–Kier alpha value is -2.42. The second-order valence-electron chi connectivity index (χ2n) is 5.71. The summed E-state index contributed by atoms with van der Waals surface area (Å²) < 4.78 is 12.9. The Morgan fingerprint density at radius 3 is 2.48 bits per heavy atom. The number of amides is 1. The Bertz CT molecular complexity index is 704. The number of carbonyl (C=O) groups is 1. The van der Waals surface area contributed by atoms with Crippen molar-refractivity contribution >= 4 is 12.0 Å². The Kier molecular flexibility index (Phi) is 5.69. The monoisotopic (exact) mass is 311 g/mol. The molecule has 1 N–H and O–H groups in total. The van der Waals surface area contributed by atoms with Gasteiger partial charge in [-0.1, -0.05) is 42.8 Å². The minimum atomic E-state index is -0.285. The fourth-order valence-corrected chi connectivity index (χ4v) is 2.58. The van der Waals surface area contributed by atoms with Gasteiger partial charge >= 0.3 is 0 Å². The maximum Gasteiger partial charge on any atom is 0.244 e. The molecule has 3 heteroatoms. The number of halogens is 1. The van der Waals surface area contributed by atoms with E-state index in [-0.39, 0.29) is 17.8 Å². The molecular weight excluding hydrogens is 289 g/mol. The third-order valence-corrected chi connectivity index (χ3v) is 3.82. The summed E-state index contributed by atoms with van der Waals surface area (Å²) in [5.74, 6) is -0.436. The van der Waals surface area contributed by atoms with Gasteiger partial charge in [-0.2, -0.15) is 0 Å². The highest BCUT2D eigenvalue weighted by atomic mass is 19.1. The summed E-state index contributed by atoms with van der Waals surface area (Å²) in [6, 6.07) is 12.3. The molecule has 0 aromatic heterocycles. The highest BCUT2D eigenvalue weighted by molar-refractivity contribution is 5.92. The normalized spacial score (nSPS) is 12.3. The van der Waals surface area contributed by atoms with E-state index in [4.69, 9.17) is 0 Å². The molecule has 23 heavy (non-hydrogen) atoms. The van der Waals surface area contributed by atoms with Crippen molar-refractivity contribution in [1.29, 1.82) is 0 Å². The number of carbonyl (C=O) groups excluding carboxylic acids is 1. The lowest BCUT2D eigenvalue weighted by atomic mass is 9.97. The van der Waals surface area contributed by atoms with Crippen molar-refractivity contribution in [2.75, 3.05) is 0 Å². The molecule has 1 atom stereocenters. The highest BCUT2D eigenvalue weighted by Gasteiger charge is 2.13. The summed E-state index contributed by atoms with van der Waals surface area (Å²) in [6.07, 6.45) is 3.99. The molecule has 0 aliphatic rings. The number of benzene rings is 2. The third-order valence-electron chi connectivity index (χ3n) is 3.82. The summed E-state index contributed by atoms with van der Waals surface area (Å²) >= 11 is 0. The molecule has 0 bridgehead atoms. The van der Waals surface area contributed by atoms with E-state index in [9.17, 15) is 9.18 Å². The van der Waals surface area contributed by atoms with Gasteiger partial charge in [0.2, 0.25) is 5.91 Å². The van der Waals surface area contributed by atoms with Crippen molar-refractivity contribution in [2.45, 2.75) is 33.2 Å². The quantitative estimate of drug-likeness (QED) is 0.795. The summed E-state index contributed by atoms with van der Waals surface area (Å²) in [5.41, 5.74) is 4.33. The molecule has 2 rings (SSSR count). The van der Waals surface area contributed by atoms with Crippen molar-refractivity contribution in [3.63, 3.8) is 0 Å². The van der Waals surface area contributed by atoms with Crippen LogP contribution in [0.5, 0.6) is 0 Å². The molecule has 120 valence electrons. The molecule has 2 aromatic carbocycles. The van der Waals surface area contributed by atoms with Gasteiger partial charge in [0.1, 0.15) is 5.82 Å². The standard InChI is InChI=1S/C20H22FNO/c1-4-19(18-11-5-14(2)13-15(18)3)22-20(23)12-8-16-6-9-17(21)10-7-16/h5-13,19H,4H2,1-3H3,(H,22,23)/b12-8+. The predicted molar refractivity (Wildman–Crippen MR) is 92.5 cm³/mol.